The first-order valence-electron chi connectivity index (χ1n) is 16.6. The van der Waals surface area contributed by atoms with Crippen molar-refractivity contribution in [3.05, 3.63) is 59.3 Å². The van der Waals surface area contributed by atoms with Gasteiger partial charge in [0.2, 0.25) is 31.9 Å². The number of carbonyl (C=O) groups is 2. The number of nitrogens with one attached hydrogen (secondary N) is 2. The lowest BCUT2D eigenvalue weighted by molar-refractivity contribution is -0.119. The predicted octanol–water partition coefficient (Wildman–Crippen LogP) is 6.87. The number of hydrogen-bond donors (Lipinski definition) is 2. The Kier molecular flexibility index (Phi) is 12.2. The normalized spacial score (nSPS) is 15.2. The second kappa shape index (κ2) is 16.2. The maximum Gasteiger partial charge on any atom is 0.243 e. The van der Waals surface area contributed by atoms with Crippen molar-refractivity contribution in [3.63, 3.8) is 0 Å². The highest BCUT2D eigenvalue weighted by Crippen LogP contribution is 2.32. The number of benzene rings is 2. The van der Waals surface area contributed by atoms with Crippen molar-refractivity contribution in [3.8, 4) is 22.5 Å². The molecule has 1 aliphatic heterocycles. The van der Waals surface area contributed by atoms with Gasteiger partial charge in [-0.1, -0.05) is 52.0 Å². The molecule has 0 radical (unpaired) electrons. The van der Waals surface area contributed by atoms with Crippen LogP contribution in [0, 0.1) is 11.8 Å². The van der Waals surface area contributed by atoms with E-state index in [4.69, 9.17) is 0 Å². The molecule has 1 saturated carbocycles. The van der Waals surface area contributed by atoms with Crippen molar-refractivity contribution >= 4 is 64.8 Å². The van der Waals surface area contributed by atoms with Crippen LogP contribution in [0.3, 0.4) is 0 Å². The van der Waals surface area contributed by atoms with E-state index in [0.717, 1.165) is 42.5 Å². The van der Waals surface area contributed by atoms with Gasteiger partial charge in [-0.15, -0.1) is 22.7 Å². The van der Waals surface area contributed by atoms with Crippen LogP contribution in [0.1, 0.15) is 56.2 Å². The third-order valence-corrected chi connectivity index (χ3v) is 13.8. The first-order valence-corrected chi connectivity index (χ1v) is 21.2. The van der Waals surface area contributed by atoms with Gasteiger partial charge in [0.15, 0.2) is 10.3 Å². The number of nitrogens with zero attached hydrogens (tertiary/aromatic N) is 4. The van der Waals surface area contributed by atoms with Crippen LogP contribution in [-0.2, 0) is 29.6 Å². The van der Waals surface area contributed by atoms with Gasteiger partial charge >= 0.3 is 0 Å². The molecular formula is C34H46N6O6S4. The van der Waals surface area contributed by atoms with Crippen LogP contribution in [-0.4, -0.2) is 73.4 Å². The lowest BCUT2D eigenvalue weighted by Gasteiger charge is -2.18. The molecule has 0 atom stereocenters. The van der Waals surface area contributed by atoms with Crippen LogP contribution in [0.5, 0.6) is 0 Å². The standard InChI is InChI=1S/2C17H21N3O3S2.2H2/c1-12(2)16(21)19-17-18-15(11-24-17)13-5-7-14(8-6-13)25(22,23)20-9-3-4-10-20;1-3-20(4-2)25(22,23)14-9-7-12(8-10-14)15-11-24-17(18-15)19-16(21)13-5-6-13;;/h5-8,11-12H,3-4,9-10H2,1-2H3,(H,18,19,21);7-11,13H,3-6H2,1-2H3,(H,18,19,21);2*1H. The number of hydrogen-bond acceptors (Lipinski definition) is 10. The van der Waals surface area contributed by atoms with Crippen molar-refractivity contribution in [2.75, 3.05) is 36.8 Å². The minimum absolute atomic E-state index is 0. The molecule has 1 saturated heterocycles. The summed E-state index contributed by atoms with van der Waals surface area (Å²) >= 11 is 2.72. The van der Waals surface area contributed by atoms with Gasteiger partial charge in [0.1, 0.15) is 0 Å². The van der Waals surface area contributed by atoms with Crippen LogP contribution < -0.4 is 10.6 Å². The molecule has 4 aromatic rings. The Morgan fingerprint density at radius 2 is 1.30 bits per heavy atom. The molecule has 16 heteroatoms. The fourth-order valence-electron chi connectivity index (χ4n) is 5.12. The summed E-state index contributed by atoms with van der Waals surface area (Å²) in [4.78, 5) is 32.9. The Labute approximate surface area is 305 Å². The summed E-state index contributed by atoms with van der Waals surface area (Å²) in [7, 11) is -6.85. The molecule has 1 aliphatic carbocycles. The summed E-state index contributed by atoms with van der Waals surface area (Å²) in [6.07, 6.45) is 3.74. The molecule has 3 heterocycles. The van der Waals surface area contributed by atoms with Crippen LogP contribution >= 0.6 is 22.7 Å². The number of amides is 2. The van der Waals surface area contributed by atoms with Crippen molar-refractivity contribution in [1.82, 2.24) is 18.6 Å². The molecule has 2 fully saturated rings. The number of rotatable bonds is 12. The summed E-state index contributed by atoms with van der Waals surface area (Å²) in [6.45, 7) is 9.36. The number of anilines is 2. The highest BCUT2D eigenvalue weighted by atomic mass is 32.2. The van der Waals surface area contributed by atoms with E-state index in [1.54, 1.807) is 48.5 Å². The Hall–Kier alpha value is -3.54. The molecule has 6 rings (SSSR count). The fourth-order valence-corrected chi connectivity index (χ4v) is 9.54. The lowest BCUT2D eigenvalue weighted by atomic mass is 10.2. The van der Waals surface area contributed by atoms with Gasteiger partial charge < -0.3 is 10.6 Å². The average molecular weight is 763 g/mol. The Morgan fingerprint density at radius 1 is 0.820 bits per heavy atom. The molecule has 0 bridgehead atoms. The van der Waals surface area contributed by atoms with Crippen LogP contribution in [0.2, 0.25) is 0 Å². The van der Waals surface area contributed by atoms with Crippen LogP contribution in [0.15, 0.2) is 69.1 Å². The highest BCUT2D eigenvalue weighted by molar-refractivity contribution is 7.89. The van der Waals surface area contributed by atoms with E-state index < -0.39 is 20.0 Å². The molecule has 2 aromatic heterocycles. The summed E-state index contributed by atoms with van der Waals surface area (Å²) < 4.78 is 53.0. The minimum atomic E-state index is -3.45. The van der Waals surface area contributed by atoms with E-state index in [0.29, 0.717) is 47.0 Å². The average Bonchev–Trinajstić information content (AvgIpc) is 3.43. The summed E-state index contributed by atoms with van der Waals surface area (Å²) in [5.41, 5.74) is 3.08. The molecule has 0 spiro atoms. The summed E-state index contributed by atoms with van der Waals surface area (Å²) in [5.74, 6) is -0.0196. The topological polar surface area (TPSA) is 159 Å². The maximum atomic E-state index is 12.5. The van der Waals surface area contributed by atoms with Gasteiger partial charge in [-0.2, -0.15) is 8.61 Å². The minimum Gasteiger partial charge on any atom is -0.302 e. The fraction of sp³-hybridized carbons (Fsp3) is 0.412. The van der Waals surface area contributed by atoms with Gasteiger partial charge in [-0.3, -0.25) is 9.59 Å². The molecule has 2 N–H and O–H groups in total. The number of aromatic nitrogens is 2. The molecule has 2 aliphatic rings. The lowest BCUT2D eigenvalue weighted by Crippen LogP contribution is -2.30. The quantitative estimate of drug-likeness (QED) is 0.158. The molecule has 2 amide bonds. The molecule has 272 valence electrons. The van der Waals surface area contributed by atoms with Crippen LogP contribution in [0.4, 0.5) is 10.3 Å². The monoisotopic (exact) mass is 762 g/mol. The van der Waals surface area contributed by atoms with E-state index in [1.165, 1.54) is 31.3 Å². The molecule has 12 nitrogen and oxygen atoms in total. The van der Waals surface area contributed by atoms with E-state index in [1.807, 2.05) is 38.5 Å². The van der Waals surface area contributed by atoms with Crippen molar-refractivity contribution in [2.24, 2.45) is 11.8 Å². The van der Waals surface area contributed by atoms with E-state index in [-0.39, 0.29) is 31.4 Å². The zero-order valence-electron chi connectivity index (χ0n) is 28.5. The largest absolute Gasteiger partial charge is 0.302 e. The van der Waals surface area contributed by atoms with E-state index in [2.05, 4.69) is 20.6 Å². The zero-order valence-corrected chi connectivity index (χ0v) is 31.7. The first kappa shape index (κ1) is 37.7. The first-order chi connectivity index (χ1) is 23.8. The van der Waals surface area contributed by atoms with E-state index in [9.17, 15) is 26.4 Å². The zero-order chi connectivity index (χ0) is 36.1. The third-order valence-electron chi connectivity index (χ3n) is 8.29. The van der Waals surface area contributed by atoms with Gasteiger partial charge in [-0.25, -0.2) is 26.8 Å². The summed E-state index contributed by atoms with van der Waals surface area (Å²) in [6, 6.07) is 13.5. The summed E-state index contributed by atoms with van der Waals surface area (Å²) in [5, 5.41) is 10.4. The highest BCUT2D eigenvalue weighted by Gasteiger charge is 2.30. The molecular weight excluding hydrogens is 717 g/mol. The van der Waals surface area contributed by atoms with Crippen LogP contribution in [0.25, 0.3) is 22.5 Å². The van der Waals surface area contributed by atoms with Gasteiger partial charge in [0.25, 0.3) is 0 Å². The van der Waals surface area contributed by atoms with Gasteiger partial charge in [0.05, 0.1) is 21.2 Å². The van der Waals surface area contributed by atoms with Crippen molar-refractivity contribution < 1.29 is 29.3 Å². The molecule has 2 aromatic carbocycles. The number of thiazole rings is 2. The molecule has 50 heavy (non-hydrogen) atoms. The molecule has 0 unspecified atom stereocenters. The Balaban J connectivity index is 0.000000270. The van der Waals surface area contributed by atoms with Gasteiger partial charge in [0, 0.05) is 62.8 Å². The maximum absolute atomic E-state index is 12.5. The third kappa shape index (κ3) is 9.03. The van der Waals surface area contributed by atoms with Gasteiger partial charge in [-0.05, 0) is 49.9 Å². The second-order valence-electron chi connectivity index (χ2n) is 12.2. The Bertz CT molecular complexity index is 1880. The Morgan fingerprint density at radius 3 is 1.76 bits per heavy atom. The smallest absolute Gasteiger partial charge is 0.243 e. The van der Waals surface area contributed by atoms with Crippen molar-refractivity contribution in [1.29, 1.82) is 0 Å². The SMILES string of the molecule is CC(C)C(=O)Nc1nc(-c2ccc(S(=O)(=O)N3CCCC3)cc2)cs1.CCN(CC)S(=O)(=O)c1ccc(-c2csc(NC(=O)C3CC3)n2)cc1.[HH].[HH]. The number of sulfonamides is 2. The predicted molar refractivity (Wildman–Crippen MR) is 202 cm³/mol. The van der Waals surface area contributed by atoms with E-state index >= 15 is 0 Å². The number of carbonyl (C=O) groups excluding carboxylic acids is 2. The van der Waals surface area contributed by atoms with Crippen molar-refractivity contribution in [2.45, 2.75) is 63.2 Å². The second-order valence-corrected chi connectivity index (χ2v) is 17.8.